The van der Waals surface area contributed by atoms with E-state index in [9.17, 15) is 4.79 Å². The first kappa shape index (κ1) is 8.58. The molecule has 0 spiro atoms. The first-order valence-corrected chi connectivity index (χ1v) is 3.54. The molecule has 5 nitrogen and oxygen atoms in total. The smallest absolute Gasteiger partial charge is 0.357 e. The number of carboxylic acids is 1. The van der Waals surface area contributed by atoms with Crippen LogP contribution in [0.5, 0.6) is 5.75 Å². The molecule has 0 aliphatic heterocycles. The second kappa shape index (κ2) is 3.25. The number of aromatic amines is 1. The van der Waals surface area contributed by atoms with Crippen LogP contribution in [-0.4, -0.2) is 27.4 Å². The molecule has 0 saturated heterocycles. The molecule has 0 saturated carbocycles. The van der Waals surface area contributed by atoms with Crippen LogP contribution in [0.25, 0.3) is 0 Å². The summed E-state index contributed by atoms with van der Waals surface area (Å²) in [6.07, 6.45) is 1.30. The summed E-state index contributed by atoms with van der Waals surface area (Å²) in [5.41, 5.74) is -0.0105. The molecule has 0 fully saturated rings. The average molecular weight is 170 g/mol. The predicted octanol–water partition coefficient (Wildman–Crippen LogP) is 0.895. The lowest BCUT2D eigenvalue weighted by Crippen LogP contribution is -2.08. The second-order valence-electron chi connectivity index (χ2n) is 2.58. The van der Waals surface area contributed by atoms with Gasteiger partial charge in [0.15, 0.2) is 11.4 Å². The summed E-state index contributed by atoms with van der Waals surface area (Å²) >= 11 is 0. The molecule has 0 amide bonds. The number of aromatic carboxylic acids is 1. The zero-order valence-electron chi connectivity index (χ0n) is 6.87. The molecule has 0 unspecified atom stereocenters. The van der Waals surface area contributed by atoms with E-state index >= 15 is 0 Å². The van der Waals surface area contributed by atoms with Gasteiger partial charge in [-0.1, -0.05) is 0 Å². The summed E-state index contributed by atoms with van der Waals surface area (Å²) < 4.78 is 5.17. The van der Waals surface area contributed by atoms with Gasteiger partial charge >= 0.3 is 5.97 Å². The molecule has 2 N–H and O–H groups in total. The Bertz CT molecular complexity index is 280. The quantitative estimate of drug-likeness (QED) is 0.706. The van der Waals surface area contributed by atoms with Gasteiger partial charge in [0.25, 0.3) is 0 Å². The SMILES string of the molecule is CC(C)Oc1cn[nH]c1C(=O)O. The predicted molar refractivity (Wildman–Crippen MR) is 41.3 cm³/mol. The number of ether oxygens (including phenoxy) is 1. The van der Waals surface area contributed by atoms with Crippen LogP contribution in [0.3, 0.4) is 0 Å². The number of hydrogen-bond acceptors (Lipinski definition) is 3. The fourth-order valence-corrected chi connectivity index (χ4v) is 0.772. The number of hydrogen-bond donors (Lipinski definition) is 2. The van der Waals surface area contributed by atoms with Gasteiger partial charge in [0.1, 0.15) is 0 Å². The minimum absolute atomic E-state index is 0.0105. The van der Waals surface area contributed by atoms with Crippen LogP contribution in [-0.2, 0) is 0 Å². The van der Waals surface area contributed by atoms with E-state index in [0.717, 1.165) is 0 Å². The first-order valence-electron chi connectivity index (χ1n) is 3.54. The van der Waals surface area contributed by atoms with Crippen molar-refractivity contribution in [2.75, 3.05) is 0 Å². The lowest BCUT2D eigenvalue weighted by Gasteiger charge is -2.06. The van der Waals surface area contributed by atoms with Crippen LogP contribution in [0.15, 0.2) is 6.20 Å². The third kappa shape index (κ3) is 1.75. The topological polar surface area (TPSA) is 75.2 Å². The lowest BCUT2D eigenvalue weighted by molar-refractivity contribution is 0.0684. The summed E-state index contributed by atoms with van der Waals surface area (Å²) in [4.78, 5) is 10.5. The van der Waals surface area contributed by atoms with Gasteiger partial charge < -0.3 is 9.84 Å². The molecule has 0 aromatic carbocycles. The Labute approximate surface area is 69.4 Å². The largest absolute Gasteiger partial charge is 0.487 e. The van der Waals surface area contributed by atoms with Gasteiger partial charge in [0.2, 0.25) is 0 Å². The number of aromatic nitrogens is 2. The zero-order valence-corrected chi connectivity index (χ0v) is 6.87. The summed E-state index contributed by atoms with van der Waals surface area (Å²) in [7, 11) is 0. The van der Waals surface area contributed by atoms with Crippen molar-refractivity contribution in [1.29, 1.82) is 0 Å². The molecule has 0 atom stereocenters. The number of nitrogens with zero attached hydrogens (tertiary/aromatic N) is 1. The number of H-pyrrole nitrogens is 1. The van der Waals surface area contributed by atoms with Crippen molar-refractivity contribution in [3.63, 3.8) is 0 Å². The third-order valence-electron chi connectivity index (χ3n) is 1.18. The number of rotatable bonds is 3. The Kier molecular flexibility index (Phi) is 2.32. The minimum atomic E-state index is -1.07. The molecule has 0 bridgehead atoms. The summed E-state index contributed by atoms with van der Waals surface area (Å²) in [6.45, 7) is 3.64. The Balaban J connectivity index is 2.84. The molecule has 1 heterocycles. The molecule has 1 aromatic rings. The van der Waals surface area contributed by atoms with Gasteiger partial charge in [-0.2, -0.15) is 5.10 Å². The maximum Gasteiger partial charge on any atom is 0.357 e. The summed E-state index contributed by atoms with van der Waals surface area (Å²) in [6, 6.07) is 0. The van der Waals surface area contributed by atoms with E-state index in [4.69, 9.17) is 9.84 Å². The molecule has 66 valence electrons. The van der Waals surface area contributed by atoms with Crippen LogP contribution in [0.4, 0.5) is 0 Å². The molecule has 5 heteroatoms. The Morgan fingerprint density at radius 2 is 2.42 bits per heavy atom. The highest BCUT2D eigenvalue weighted by molar-refractivity contribution is 5.88. The highest BCUT2D eigenvalue weighted by atomic mass is 16.5. The molecule has 1 rings (SSSR count). The number of carbonyl (C=O) groups is 1. The third-order valence-corrected chi connectivity index (χ3v) is 1.18. The van der Waals surface area contributed by atoms with E-state index in [1.54, 1.807) is 0 Å². The van der Waals surface area contributed by atoms with E-state index in [1.165, 1.54) is 6.20 Å². The van der Waals surface area contributed by atoms with Crippen LogP contribution in [0.1, 0.15) is 24.3 Å². The van der Waals surface area contributed by atoms with Crippen molar-refractivity contribution >= 4 is 5.97 Å². The van der Waals surface area contributed by atoms with Crippen molar-refractivity contribution in [2.45, 2.75) is 20.0 Å². The Hall–Kier alpha value is -1.52. The minimum Gasteiger partial charge on any atom is -0.487 e. The molecule has 12 heavy (non-hydrogen) atoms. The van der Waals surface area contributed by atoms with Gasteiger partial charge in [0, 0.05) is 0 Å². The van der Waals surface area contributed by atoms with Crippen LogP contribution >= 0.6 is 0 Å². The van der Waals surface area contributed by atoms with Crippen molar-refractivity contribution < 1.29 is 14.6 Å². The lowest BCUT2D eigenvalue weighted by atomic mass is 10.4. The van der Waals surface area contributed by atoms with Gasteiger partial charge in [-0.05, 0) is 13.8 Å². The van der Waals surface area contributed by atoms with Crippen LogP contribution in [0, 0.1) is 0 Å². The Morgan fingerprint density at radius 1 is 1.75 bits per heavy atom. The average Bonchev–Trinajstić information content (AvgIpc) is 2.33. The van der Waals surface area contributed by atoms with Gasteiger partial charge in [-0.3, -0.25) is 5.10 Å². The Morgan fingerprint density at radius 3 is 2.92 bits per heavy atom. The molecule has 0 aliphatic rings. The highest BCUT2D eigenvalue weighted by Crippen LogP contribution is 2.15. The number of nitrogens with one attached hydrogen (secondary N) is 1. The summed E-state index contributed by atoms with van der Waals surface area (Å²) in [5.74, 6) is -0.791. The standard InChI is InChI=1S/C7H10N2O3/c1-4(2)12-5-3-8-9-6(5)7(10)11/h3-4H,1-2H3,(H,8,9)(H,10,11). The molecular weight excluding hydrogens is 160 g/mol. The summed E-state index contributed by atoms with van der Waals surface area (Å²) in [5, 5.41) is 14.5. The fourth-order valence-electron chi connectivity index (χ4n) is 0.772. The maximum absolute atomic E-state index is 10.5. The molecule has 0 aliphatic carbocycles. The molecular formula is C7H10N2O3. The number of carboxylic acid groups (broad SMARTS) is 1. The van der Waals surface area contributed by atoms with E-state index in [1.807, 2.05) is 13.8 Å². The van der Waals surface area contributed by atoms with Gasteiger partial charge in [0.05, 0.1) is 12.3 Å². The van der Waals surface area contributed by atoms with Gasteiger partial charge in [-0.25, -0.2) is 4.79 Å². The highest BCUT2D eigenvalue weighted by Gasteiger charge is 2.13. The van der Waals surface area contributed by atoms with E-state index in [-0.39, 0.29) is 17.5 Å². The van der Waals surface area contributed by atoms with Crippen LogP contribution < -0.4 is 4.74 Å². The first-order chi connectivity index (χ1) is 5.61. The van der Waals surface area contributed by atoms with Gasteiger partial charge in [-0.15, -0.1) is 0 Å². The normalized spacial score (nSPS) is 10.2. The second-order valence-corrected chi connectivity index (χ2v) is 2.58. The van der Waals surface area contributed by atoms with Crippen molar-refractivity contribution in [2.24, 2.45) is 0 Å². The van der Waals surface area contributed by atoms with E-state index < -0.39 is 5.97 Å². The van der Waals surface area contributed by atoms with Crippen molar-refractivity contribution in [3.05, 3.63) is 11.9 Å². The fraction of sp³-hybridized carbons (Fsp3) is 0.429. The monoisotopic (exact) mass is 170 g/mol. The van der Waals surface area contributed by atoms with E-state index in [2.05, 4.69) is 10.2 Å². The maximum atomic E-state index is 10.5. The molecule has 1 aromatic heterocycles. The van der Waals surface area contributed by atoms with Crippen molar-refractivity contribution in [3.8, 4) is 5.75 Å². The van der Waals surface area contributed by atoms with Crippen LogP contribution in [0.2, 0.25) is 0 Å². The van der Waals surface area contributed by atoms with Crippen molar-refractivity contribution in [1.82, 2.24) is 10.2 Å². The molecule has 0 radical (unpaired) electrons. The van der Waals surface area contributed by atoms with E-state index in [0.29, 0.717) is 0 Å². The zero-order chi connectivity index (χ0) is 9.14.